The van der Waals surface area contributed by atoms with Crippen molar-refractivity contribution < 1.29 is 24.3 Å². The fraction of sp³-hybridized carbons (Fsp3) is 0. The number of fused-ring (bicyclic) bond motifs is 2. The summed E-state index contributed by atoms with van der Waals surface area (Å²) in [7, 11) is 0. The van der Waals surface area contributed by atoms with Crippen molar-refractivity contribution in [3.63, 3.8) is 0 Å². The van der Waals surface area contributed by atoms with Gasteiger partial charge in [0, 0.05) is 34.0 Å². The van der Waals surface area contributed by atoms with Crippen LogP contribution in [0.5, 0.6) is 0 Å². The molecule has 0 aliphatic heterocycles. The summed E-state index contributed by atoms with van der Waals surface area (Å²) in [6.45, 7) is 0. The van der Waals surface area contributed by atoms with Crippen LogP contribution in [0, 0.1) is 0 Å². The molecule has 1 aliphatic carbocycles. The first-order valence-electron chi connectivity index (χ1n) is 7.00. The summed E-state index contributed by atoms with van der Waals surface area (Å²) in [4.78, 5) is 46.9. The third-order valence-electron chi connectivity index (χ3n) is 3.56. The van der Waals surface area contributed by atoms with E-state index in [1.807, 2.05) is 0 Å². The van der Waals surface area contributed by atoms with Crippen molar-refractivity contribution in [3.05, 3.63) is 76.9 Å². The lowest BCUT2D eigenvalue weighted by Gasteiger charge is -2.18. The predicted octanol–water partition coefficient (Wildman–Crippen LogP) is 0.707. The molecule has 0 radical (unpaired) electrons. The first kappa shape index (κ1) is 15.4. The van der Waals surface area contributed by atoms with Crippen molar-refractivity contribution >= 4 is 29.1 Å². The second kappa shape index (κ2) is 5.92. The van der Waals surface area contributed by atoms with Crippen LogP contribution in [-0.2, 0) is 9.59 Å². The van der Waals surface area contributed by atoms with E-state index in [-0.39, 0.29) is 28.4 Å². The van der Waals surface area contributed by atoms with Crippen LogP contribution in [0.4, 0.5) is 5.69 Å². The summed E-state index contributed by atoms with van der Waals surface area (Å²) in [6, 6.07) is 10.9. The highest BCUT2D eigenvalue weighted by Crippen LogP contribution is 2.29. The normalized spacial score (nSPS) is 12.7. The van der Waals surface area contributed by atoms with Crippen molar-refractivity contribution in [3.8, 4) is 0 Å². The summed E-state index contributed by atoms with van der Waals surface area (Å²) in [6.07, 6.45) is 1.40. The number of amides is 1. The Balaban J connectivity index is 1.94. The average Bonchev–Trinajstić information content (AvgIpc) is 2.58. The van der Waals surface area contributed by atoms with Crippen LogP contribution in [0.15, 0.2) is 54.6 Å². The van der Waals surface area contributed by atoms with Gasteiger partial charge in [0.2, 0.25) is 5.91 Å². The molecule has 0 fully saturated rings. The maximum atomic E-state index is 12.5. The van der Waals surface area contributed by atoms with Crippen LogP contribution in [0.2, 0.25) is 0 Å². The molecule has 1 aliphatic rings. The van der Waals surface area contributed by atoms with Crippen molar-refractivity contribution in [2.75, 3.05) is 5.32 Å². The molecule has 1 amide bonds. The quantitative estimate of drug-likeness (QED) is 0.716. The van der Waals surface area contributed by atoms with Crippen LogP contribution >= 0.6 is 0 Å². The summed E-state index contributed by atoms with van der Waals surface area (Å²) in [5.74, 6) is -2.74. The van der Waals surface area contributed by atoms with Gasteiger partial charge in [-0.2, -0.15) is 0 Å². The SMILES string of the molecule is O=C([O-])/C=C/C(=O)Nc1ccc2c(c1)C(=O)c1ccccc1C2=O. The van der Waals surface area contributed by atoms with E-state index in [0.717, 1.165) is 6.08 Å². The zero-order chi connectivity index (χ0) is 17.3. The van der Waals surface area contributed by atoms with E-state index in [2.05, 4.69) is 5.32 Å². The Morgan fingerprint density at radius 3 is 2.04 bits per heavy atom. The van der Waals surface area contributed by atoms with Gasteiger partial charge in [0.25, 0.3) is 0 Å². The van der Waals surface area contributed by atoms with Crippen molar-refractivity contribution in [1.82, 2.24) is 0 Å². The number of carboxylic acids is 1. The average molecular weight is 320 g/mol. The minimum atomic E-state index is -1.49. The second-order valence-corrected chi connectivity index (χ2v) is 5.11. The number of hydrogen-bond donors (Lipinski definition) is 1. The van der Waals surface area contributed by atoms with E-state index < -0.39 is 11.9 Å². The molecular formula is C18H10NO5-. The molecule has 1 N–H and O–H groups in total. The Labute approximate surface area is 136 Å². The van der Waals surface area contributed by atoms with E-state index in [1.165, 1.54) is 18.2 Å². The Bertz CT molecular complexity index is 927. The molecular weight excluding hydrogens is 310 g/mol. The van der Waals surface area contributed by atoms with Gasteiger partial charge in [0.15, 0.2) is 11.6 Å². The first-order valence-corrected chi connectivity index (χ1v) is 7.00. The van der Waals surface area contributed by atoms with Crippen molar-refractivity contribution in [1.29, 1.82) is 0 Å². The molecule has 0 aromatic heterocycles. The lowest BCUT2D eigenvalue weighted by Crippen LogP contribution is -2.21. The molecule has 2 aromatic rings. The number of anilines is 1. The molecule has 0 unspecified atom stereocenters. The lowest BCUT2D eigenvalue weighted by molar-refractivity contribution is -0.297. The van der Waals surface area contributed by atoms with E-state index in [4.69, 9.17) is 0 Å². The van der Waals surface area contributed by atoms with E-state index in [0.29, 0.717) is 17.2 Å². The van der Waals surface area contributed by atoms with Gasteiger partial charge in [0.05, 0.1) is 5.97 Å². The summed E-state index contributed by atoms with van der Waals surface area (Å²) >= 11 is 0. The highest BCUT2D eigenvalue weighted by molar-refractivity contribution is 6.28. The topological polar surface area (TPSA) is 103 Å². The maximum absolute atomic E-state index is 12.5. The Hall–Kier alpha value is -3.54. The van der Waals surface area contributed by atoms with Gasteiger partial charge in [-0.1, -0.05) is 24.3 Å². The largest absolute Gasteiger partial charge is 0.545 e. The molecule has 2 aromatic carbocycles. The van der Waals surface area contributed by atoms with E-state index in [1.54, 1.807) is 24.3 Å². The maximum Gasteiger partial charge on any atom is 0.248 e. The van der Waals surface area contributed by atoms with Crippen LogP contribution in [0.25, 0.3) is 0 Å². The third-order valence-corrected chi connectivity index (χ3v) is 3.56. The Kier molecular flexibility index (Phi) is 3.79. The summed E-state index contributed by atoms with van der Waals surface area (Å²) in [5, 5.41) is 12.7. The number of carboxylic acid groups (broad SMARTS) is 1. The van der Waals surface area contributed by atoms with Gasteiger partial charge in [-0.25, -0.2) is 0 Å². The summed E-state index contributed by atoms with van der Waals surface area (Å²) in [5.41, 5.74) is 1.41. The van der Waals surface area contributed by atoms with Gasteiger partial charge in [0.1, 0.15) is 0 Å². The molecule has 0 saturated carbocycles. The van der Waals surface area contributed by atoms with Crippen LogP contribution in [0.1, 0.15) is 31.8 Å². The standard InChI is InChI=1S/C18H11NO5/c20-15(7-8-16(21)22)19-10-5-6-13-14(9-10)18(24)12-4-2-1-3-11(12)17(13)23/h1-9H,(H,19,20)(H,21,22)/p-1/b8-7+. The second-order valence-electron chi connectivity index (χ2n) is 5.11. The number of benzene rings is 2. The lowest BCUT2D eigenvalue weighted by atomic mass is 9.84. The number of carbonyl (C=O) groups excluding carboxylic acids is 4. The first-order chi connectivity index (χ1) is 11.5. The molecule has 24 heavy (non-hydrogen) atoms. The van der Waals surface area contributed by atoms with E-state index >= 15 is 0 Å². The van der Waals surface area contributed by atoms with Crippen LogP contribution in [-0.4, -0.2) is 23.4 Å². The highest BCUT2D eigenvalue weighted by atomic mass is 16.4. The molecule has 3 rings (SSSR count). The Morgan fingerprint density at radius 2 is 1.42 bits per heavy atom. The molecule has 0 saturated heterocycles. The fourth-order valence-electron chi connectivity index (χ4n) is 2.50. The molecule has 6 heteroatoms. The number of carbonyl (C=O) groups is 4. The third kappa shape index (κ3) is 2.72. The summed E-state index contributed by atoms with van der Waals surface area (Å²) < 4.78 is 0. The van der Waals surface area contributed by atoms with Gasteiger partial charge in [-0.3, -0.25) is 14.4 Å². The van der Waals surface area contributed by atoms with Crippen molar-refractivity contribution in [2.24, 2.45) is 0 Å². The molecule has 0 bridgehead atoms. The minimum Gasteiger partial charge on any atom is -0.545 e. The molecule has 0 atom stereocenters. The molecule has 0 heterocycles. The van der Waals surface area contributed by atoms with Crippen LogP contribution in [0.3, 0.4) is 0 Å². The van der Waals surface area contributed by atoms with Gasteiger partial charge in [-0.05, 0) is 24.3 Å². The van der Waals surface area contributed by atoms with Crippen molar-refractivity contribution in [2.45, 2.75) is 0 Å². The smallest absolute Gasteiger partial charge is 0.248 e. The predicted molar refractivity (Wildman–Crippen MR) is 82.5 cm³/mol. The zero-order valence-corrected chi connectivity index (χ0v) is 12.2. The number of nitrogens with one attached hydrogen (secondary N) is 1. The minimum absolute atomic E-state index is 0.195. The highest BCUT2D eigenvalue weighted by Gasteiger charge is 2.29. The number of hydrogen-bond acceptors (Lipinski definition) is 5. The fourth-order valence-corrected chi connectivity index (χ4v) is 2.50. The molecule has 6 nitrogen and oxygen atoms in total. The number of rotatable bonds is 3. The van der Waals surface area contributed by atoms with Gasteiger partial charge in [-0.15, -0.1) is 0 Å². The van der Waals surface area contributed by atoms with Crippen LogP contribution < -0.4 is 10.4 Å². The van der Waals surface area contributed by atoms with E-state index in [9.17, 15) is 24.3 Å². The molecule has 0 spiro atoms. The monoisotopic (exact) mass is 320 g/mol. The Morgan fingerprint density at radius 1 is 0.833 bits per heavy atom. The number of ketones is 2. The zero-order valence-electron chi connectivity index (χ0n) is 12.2. The molecule has 118 valence electrons. The van der Waals surface area contributed by atoms with Gasteiger partial charge < -0.3 is 15.2 Å². The number of aliphatic carboxylic acids is 1. The van der Waals surface area contributed by atoms with Gasteiger partial charge >= 0.3 is 0 Å².